The van der Waals surface area contributed by atoms with Gasteiger partial charge < -0.3 is 14.2 Å². The minimum Gasteiger partial charge on any atom is -0.462 e. The zero-order valence-corrected chi connectivity index (χ0v) is 36.1. The Morgan fingerprint density at radius 2 is 0.789 bits per heavy atom. The molecule has 1 atom stereocenters. The van der Waals surface area contributed by atoms with Gasteiger partial charge in [-0.3, -0.25) is 14.4 Å². The molecule has 3 rings (SSSR count). The number of benzene rings is 3. The minimum absolute atomic E-state index is 0. The van der Waals surface area contributed by atoms with Crippen LogP contribution in [0.15, 0.2) is 72.8 Å². The summed E-state index contributed by atoms with van der Waals surface area (Å²) in [6.07, 6.45) is 1.37. The number of esters is 3. The molecule has 0 fully saturated rings. The molecule has 3 aromatic carbocycles. The van der Waals surface area contributed by atoms with Gasteiger partial charge in [0.15, 0.2) is 17.3 Å². The van der Waals surface area contributed by atoms with Crippen LogP contribution in [-0.2, 0) is 14.2 Å². The quantitative estimate of drug-likeness (QED) is 0.0999. The smallest absolute Gasteiger partial charge is 0.339 e. The molecule has 0 saturated heterocycles. The highest BCUT2D eigenvalue weighted by Crippen LogP contribution is 2.26. The van der Waals surface area contributed by atoms with E-state index in [-0.39, 0.29) is 36.8 Å². The lowest BCUT2D eigenvalue weighted by Gasteiger charge is -2.19. The molecule has 0 aromatic heterocycles. The van der Waals surface area contributed by atoms with E-state index in [9.17, 15) is 28.8 Å². The van der Waals surface area contributed by atoms with Gasteiger partial charge in [0.25, 0.3) is 0 Å². The molecule has 0 spiro atoms. The van der Waals surface area contributed by atoms with Crippen LogP contribution < -0.4 is 0 Å². The molecule has 0 radical (unpaired) electrons. The van der Waals surface area contributed by atoms with Gasteiger partial charge in [0.1, 0.15) is 0 Å². The van der Waals surface area contributed by atoms with Crippen molar-refractivity contribution in [2.75, 3.05) is 13.2 Å². The van der Waals surface area contributed by atoms with Crippen LogP contribution in [0.4, 0.5) is 0 Å². The SMILES string of the molecule is C.CC(C)COC(=O)c1ccccc1C(=O)C(C)(C)C.CCC(C)OC(=O)c1ccccc1C(=O)C(C)(C)C.CCCOC(=O)c1ccccc1C(=O)C(C)(C)C. The Kier molecular flexibility index (Phi) is 21.3. The van der Waals surface area contributed by atoms with Crippen molar-refractivity contribution in [2.24, 2.45) is 22.2 Å². The average molecular weight is 789 g/mol. The lowest BCUT2D eigenvalue weighted by molar-refractivity contribution is 0.0330. The van der Waals surface area contributed by atoms with Gasteiger partial charge in [-0.05, 0) is 43.9 Å². The van der Waals surface area contributed by atoms with Crippen molar-refractivity contribution in [3.05, 3.63) is 106 Å². The highest BCUT2D eigenvalue weighted by atomic mass is 16.5. The lowest BCUT2D eigenvalue weighted by Crippen LogP contribution is -2.24. The van der Waals surface area contributed by atoms with Gasteiger partial charge in [0.05, 0.1) is 36.0 Å². The predicted molar refractivity (Wildman–Crippen MR) is 228 cm³/mol. The zero-order chi connectivity index (χ0) is 43.0. The fraction of sp³-hybridized carbons (Fsp3) is 0.500. The second kappa shape index (κ2) is 23.3. The molecule has 314 valence electrons. The molecule has 0 amide bonds. The fourth-order valence-corrected chi connectivity index (χ4v) is 4.71. The van der Waals surface area contributed by atoms with Gasteiger partial charge in [0.2, 0.25) is 0 Å². The van der Waals surface area contributed by atoms with E-state index in [0.717, 1.165) is 12.8 Å². The zero-order valence-electron chi connectivity index (χ0n) is 36.1. The number of Topliss-reactive ketones (excluding diaryl/α,β-unsaturated/α-hetero) is 3. The summed E-state index contributed by atoms with van der Waals surface area (Å²) < 4.78 is 15.6. The molecule has 0 heterocycles. The van der Waals surface area contributed by atoms with Crippen LogP contribution in [-0.4, -0.2) is 54.6 Å². The predicted octanol–water partition coefficient (Wildman–Crippen LogP) is 11.7. The lowest BCUT2D eigenvalue weighted by atomic mass is 9.84. The van der Waals surface area contributed by atoms with Gasteiger partial charge in [-0.25, -0.2) is 14.4 Å². The number of ketones is 3. The van der Waals surface area contributed by atoms with E-state index < -0.39 is 34.2 Å². The molecule has 9 nitrogen and oxygen atoms in total. The minimum atomic E-state index is -0.521. The summed E-state index contributed by atoms with van der Waals surface area (Å²) in [6.45, 7) is 26.9. The van der Waals surface area contributed by atoms with E-state index in [1.165, 1.54) is 0 Å². The molecule has 3 aromatic rings. The summed E-state index contributed by atoms with van der Waals surface area (Å²) in [4.78, 5) is 72.9. The molecule has 0 saturated carbocycles. The second-order valence-corrected chi connectivity index (χ2v) is 17.1. The molecule has 0 bridgehead atoms. The first-order chi connectivity index (χ1) is 25.9. The maximum absolute atomic E-state index is 12.3. The normalized spacial score (nSPS) is 11.6. The average Bonchev–Trinajstić information content (AvgIpc) is 3.14. The van der Waals surface area contributed by atoms with E-state index in [1.54, 1.807) is 72.8 Å². The van der Waals surface area contributed by atoms with Crippen LogP contribution in [0.3, 0.4) is 0 Å². The highest BCUT2D eigenvalue weighted by Gasteiger charge is 2.29. The number of hydrogen-bond donors (Lipinski definition) is 0. The van der Waals surface area contributed by atoms with Crippen LogP contribution in [0.5, 0.6) is 0 Å². The summed E-state index contributed by atoms with van der Waals surface area (Å²) in [7, 11) is 0. The topological polar surface area (TPSA) is 130 Å². The molecule has 0 aliphatic carbocycles. The molecule has 57 heavy (non-hydrogen) atoms. The Hall–Kier alpha value is -4.92. The standard InChI is InChI=1S/2C16H22O3.C15H20O3.CH4/c1-11(2)10-19-15(18)13-9-7-6-8-12(13)14(17)16(3,4)5;1-6-11(2)19-15(18)13-10-8-7-9-12(13)14(17)16(3,4)5;1-5-10-18-14(17)12-9-7-6-8-11(12)13(16)15(2,3)4;/h6-9,11H,10H2,1-5H3;7-11H,6H2,1-5H3;6-9H,5,10H2,1-4H3;1H4. The molecule has 0 aliphatic rings. The molecule has 1 unspecified atom stereocenters. The first-order valence-corrected chi connectivity index (χ1v) is 19.3. The van der Waals surface area contributed by atoms with Gasteiger partial charge in [-0.1, -0.05) is 152 Å². The van der Waals surface area contributed by atoms with E-state index in [0.29, 0.717) is 46.6 Å². The molecule has 0 N–H and O–H groups in total. The second-order valence-electron chi connectivity index (χ2n) is 17.1. The summed E-state index contributed by atoms with van der Waals surface area (Å²) in [6, 6.07) is 20.5. The van der Waals surface area contributed by atoms with Crippen molar-refractivity contribution in [1.29, 1.82) is 0 Å². The first-order valence-electron chi connectivity index (χ1n) is 19.3. The summed E-state index contributed by atoms with van der Waals surface area (Å²) >= 11 is 0. The maximum Gasteiger partial charge on any atom is 0.339 e. The number of ether oxygens (including phenoxy) is 3. The van der Waals surface area contributed by atoms with Crippen LogP contribution >= 0.6 is 0 Å². The van der Waals surface area contributed by atoms with E-state index in [1.807, 2.05) is 96.9 Å². The van der Waals surface area contributed by atoms with E-state index in [2.05, 4.69) is 0 Å². The number of carbonyl (C=O) groups excluding carboxylic acids is 6. The van der Waals surface area contributed by atoms with E-state index >= 15 is 0 Å². The van der Waals surface area contributed by atoms with Crippen molar-refractivity contribution in [1.82, 2.24) is 0 Å². The Morgan fingerprint density at radius 1 is 0.491 bits per heavy atom. The van der Waals surface area contributed by atoms with Gasteiger partial charge in [-0.15, -0.1) is 0 Å². The Labute approximate surface area is 342 Å². The van der Waals surface area contributed by atoms with Crippen molar-refractivity contribution in [2.45, 2.75) is 123 Å². The van der Waals surface area contributed by atoms with Crippen LogP contribution in [0.1, 0.15) is 179 Å². The number of hydrogen-bond acceptors (Lipinski definition) is 9. The van der Waals surface area contributed by atoms with Crippen LogP contribution in [0.25, 0.3) is 0 Å². The first kappa shape index (κ1) is 52.1. The third kappa shape index (κ3) is 17.0. The third-order valence-corrected chi connectivity index (χ3v) is 8.09. The molecular formula is C48H68O9. The largest absolute Gasteiger partial charge is 0.462 e. The van der Waals surface area contributed by atoms with Crippen LogP contribution in [0.2, 0.25) is 0 Å². The molecule has 0 aliphatic heterocycles. The molecule has 9 heteroatoms. The van der Waals surface area contributed by atoms with Gasteiger partial charge in [-0.2, -0.15) is 0 Å². The van der Waals surface area contributed by atoms with Crippen molar-refractivity contribution in [3.63, 3.8) is 0 Å². The summed E-state index contributed by atoms with van der Waals surface area (Å²) in [5.74, 6) is -1.16. The Balaban J connectivity index is 0.000000818. The Bertz CT molecular complexity index is 1800. The highest BCUT2D eigenvalue weighted by molar-refractivity contribution is 6.10. The van der Waals surface area contributed by atoms with Crippen LogP contribution in [0, 0.1) is 22.2 Å². The van der Waals surface area contributed by atoms with Gasteiger partial charge in [0, 0.05) is 32.9 Å². The van der Waals surface area contributed by atoms with E-state index in [4.69, 9.17) is 14.2 Å². The monoisotopic (exact) mass is 788 g/mol. The van der Waals surface area contributed by atoms with Crippen molar-refractivity contribution in [3.8, 4) is 0 Å². The summed E-state index contributed by atoms with van der Waals surface area (Å²) in [5, 5.41) is 0. The maximum atomic E-state index is 12.3. The number of rotatable bonds is 12. The van der Waals surface area contributed by atoms with Gasteiger partial charge >= 0.3 is 17.9 Å². The van der Waals surface area contributed by atoms with Crippen molar-refractivity contribution >= 4 is 35.3 Å². The molecular weight excluding hydrogens is 721 g/mol. The number of carbonyl (C=O) groups is 6. The fourth-order valence-electron chi connectivity index (χ4n) is 4.71. The Morgan fingerprint density at radius 3 is 1.07 bits per heavy atom. The third-order valence-electron chi connectivity index (χ3n) is 8.09. The van der Waals surface area contributed by atoms with Crippen molar-refractivity contribution < 1.29 is 43.0 Å². The summed E-state index contributed by atoms with van der Waals surface area (Å²) in [5.41, 5.74) is 0.803.